The lowest BCUT2D eigenvalue weighted by atomic mass is 10.2. The minimum Gasteiger partial charge on any atom is -0.369 e. The molecule has 0 unspecified atom stereocenters. The number of nitrogens with zero attached hydrogens (tertiary/aromatic N) is 4. The molecular formula is C12H15N5O. The summed E-state index contributed by atoms with van der Waals surface area (Å²) >= 11 is 0. The van der Waals surface area contributed by atoms with Crippen LogP contribution >= 0.6 is 0 Å². The van der Waals surface area contributed by atoms with Gasteiger partial charge in [-0.25, -0.2) is 4.98 Å². The van der Waals surface area contributed by atoms with Gasteiger partial charge in [-0.15, -0.1) is 0 Å². The van der Waals surface area contributed by atoms with E-state index in [0.717, 1.165) is 31.2 Å². The fourth-order valence-electron chi connectivity index (χ4n) is 2.10. The molecule has 6 heteroatoms. The second-order valence-electron chi connectivity index (χ2n) is 4.26. The summed E-state index contributed by atoms with van der Waals surface area (Å²) in [5, 5.41) is 0. The summed E-state index contributed by atoms with van der Waals surface area (Å²) in [4.78, 5) is 18.0. The molecule has 1 atom stereocenters. The predicted molar refractivity (Wildman–Crippen MR) is 64.6 cm³/mol. The Morgan fingerprint density at radius 3 is 3.11 bits per heavy atom. The van der Waals surface area contributed by atoms with Crippen LogP contribution in [0.3, 0.4) is 0 Å². The van der Waals surface area contributed by atoms with Gasteiger partial charge in [-0.3, -0.25) is 14.9 Å². The standard InChI is InChI=1S/C12H15N5O/c1-2-14-10(7-13-1)11-8-17(5-6-18-11)9-12-15-3-4-16-12/h1-4,7,11H,5-6,8-9H2,(H,15,16)/t11-/m0/s1. The third-order valence-electron chi connectivity index (χ3n) is 2.99. The van der Waals surface area contributed by atoms with Gasteiger partial charge in [-0.05, 0) is 0 Å². The number of aromatic nitrogens is 4. The number of H-pyrrole nitrogens is 1. The number of hydrogen-bond donors (Lipinski definition) is 1. The summed E-state index contributed by atoms with van der Waals surface area (Å²) in [6.45, 7) is 3.26. The summed E-state index contributed by atoms with van der Waals surface area (Å²) in [5.41, 5.74) is 0.890. The Morgan fingerprint density at radius 2 is 2.33 bits per heavy atom. The first-order valence-corrected chi connectivity index (χ1v) is 6.00. The molecule has 6 nitrogen and oxygen atoms in total. The number of nitrogens with one attached hydrogen (secondary N) is 1. The maximum atomic E-state index is 5.74. The first-order valence-electron chi connectivity index (χ1n) is 6.00. The van der Waals surface area contributed by atoms with Gasteiger partial charge in [-0.2, -0.15) is 0 Å². The molecule has 1 fully saturated rings. The largest absolute Gasteiger partial charge is 0.369 e. The minimum atomic E-state index is 0.00223. The highest BCUT2D eigenvalue weighted by Crippen LogP contribution is 2.20. The van der Waals surface area contributed by atoms with Gasteiger partial charge in [0.05, 0.1) is 25.0 Å². The third kappa shape index (κ3) is 2.55. The number of imidazole rings is 1. The summed E-state index contributed by atoms with van der Waals surface area (Å²) < 4.78 is 5.74. The first-order chi connectivity index (χ1) is 8.92. The second-order valence-corrected chi connectivity index (χ2v) is 4.26. The first kappa shape index (κ1) is 11.3. The van der Waals surface area contributed by atoms with Crippen molar-refractivity contribution in [3.63, 3.8) is 0 Å². The molecule has 0 amide bonds. The van der Waals surface area contributed by atoms with Crippen LogP contribution in [-0.4, -0.2) is 44.5 Å². The Morgan fingerprint density at radius 1 is 1.33 bits per heavy atom. The van der Waals surface area contributed by atoms with Gasteiger partial charge in [0.15, 0.2) is 0 Å². The van der Waals surface area contributed by atoms with Crippen molar-refractivity contribution in [1.29, 1.82) is 0 Å². The average Bonchev–Trinajstić information content (AvgIpc) is 2.93. The molecule has 1 saturated heterocycles. The van der Waals surface area contributed by atoms with Crippen LogP contribution in [0.2, 0.25) is 0 Å². The Labute approximate surface area is 105 Å². The van der Waals surface area contributed by atoms with E-state index in [1.165, 1.54) is 0 Å². The number of ether oxygens (including phenoxy) is 1. The molecule has 0 spiro atoms. The van der Waals surface area contributed by atoms with Crippen molar-refractivity contribution in [2.45, 2.75) is 12.6 Å². The molecule has 18 heavy (non-hydrogen) atoms. The van der Waals surface area contributed by atoms with E-state index in [0.29, 0.717) is 6.61 Å². The van der Waals surface area contributed by atoms with Crippen LogP contribution in [0, 0.1) is 0 Å². The van der Waals surface area contributed by atoms with E-state index in [4.69, 9.17) is 4.74 Å². The lowest BCUT2D eigenvalue weighted by Gasteiger charge is -2.31. The smallest absolute Gasteiger partial charge is 0.120 e. The van der Waals surface area contributed by atoms with Gasteiger partial charge in [0.2, 0.25) is 0 Å². The zero-order chi connectivity index (χ0) is 12.2. The number of hydrogen-bond acceptors (Lipinski definition) is 5. The Bertz CT molecular complexity index is 472. The van der Waals surface area contributed by atoms with E-state index in [-0.39, 0.29) is 6.10 Å². The molecule has 0 saturated carbocycles. The summed E-state index contributed by atoms with van der Waals surface area (Å²) in [6, 6.07) is 0. The second kappa shape index (κ2) is 5.24. The number of rotatable bonds is 3. The topological polar surface area (TPSA) is 66.9 Å². The zero-order valence-electron chi connectivity index (χ0n) is 9.99. The van der Waals surface area contributed by atoms with E-state index in [1.54, 1.807) is 24.8 Å². The van der Waals surface area contributed by atoms with Crippen molar-refractivity contribution in [3.05, 3.63) is 42.5 Å². The molecule has 3 heterocycles. The van der Waals surface area contributed by atoms with Crippen LogP contribution in [0.15, 0.2) is 31.0 Å². The quantitative estimate of drug-likeness (QED) is 0.865. The fraction of sp³-hybridized carbons (Fsp3) is 0.417. The van der Waals surface area contributed by atoms with Crippen LogP contribution in [0.25, 0.3) is 0 Å². The van der Waals surface area contributed by atoms with E-state index in [1.807, 2.05) is 6.20 Å². The van der Waals surface area contributed by atoms with Gasteiger partial charge in [0, 0.05) is 37.9 Å². The SMILES string of the molecule is c1cnc([C@@H]2CN(Cc3ncc[nH]3)CCO2)cn1. The summed E-state index contributed by atoms with van der Waals surface area (Å²) in [6.07, 6.45) is 8.76. The Kier molecular flexibility index (Phi) is 3.29. The predicted octanol–water partition coefficient (Wildman–Crippen LogP) is 0.773. The maximum absolute atomic E-state index is 5.74. The van der Waals surface area contributed by atoms with E-state index < -0.39 is 0 Å². The van der Waals surface area contributed by atoms with Gasteiger partial charge in [-0.1, -0.05) is 0 Å². The molecule has 0 bridgehead atoms. The van der Waals surface area contributed by atoms with E-state index in [9.17, 15) is 0 Å². The van der Waals surface area contributed by atoms with Crippen molar-refractivity contribution in [1.82, 2.24) is 24.8 Å². The molecule has 1 N–H and O–H groups in total. The molecule has 0 aromatic carbocycles. The molecule has 0 radical (unpaired) electrons. The van der Waals surface area contributed by atoms with Gasteiger partial charge in [0.25, 0.3) is 0 Å². The highest BCUT2D eigenvalue weighted by Gasteiger charge is 2.23. The van der Waals surface area contributed by atoms with Crippen molar-refractivity contribution in [2.75, 3.05) is 19.7 Å². The van der Waals surface area contributed by atoms with Crippen LogP contribution in [0.1, 0.15) is 17.6 Å². The highest BCUT2D eigenvalue weighted by molar-refractivity contribution is 5.02. The third-order valence-corrected chi connectivity index (χ3v) is 2.99. The highest BCUT2D eigenvalue weighted by atomic mass is 16.5. The lowest BCUT2D eigenvalue weighted by Crippen LogP contribution is -2.38. The molecule has 2 aromatic heterocycles. The Balaban J connectivity index is 1.65. The summed E-state index contributed by atoms with van der Waals surface area (Å²) in [5.74, 6) is 0.981. The average molecular weight is 245 g/mol. The molecule has 0 aliphatic carbocycles. The summed E-state index contributed by atoms with van der Waals surface area (Å²) in [7, 11) is 0. The van der Waals surface area contributed by atoms with Gasteiger partial charge < -0.3 is 9.72 Å². The van der Waals surface area contributed by atoms with Crippen LogP contribution in [0.4, 0.5) is 0 Å². The number of morpholine rings is 1. The van der Waals surface area contributed by atoms with Crippen molar-refractivity contribution in [3.8, 4) is 0 Å². The van der Waals surface area contributed by atoms with Crippen LogP contribution in [-0.2, 0) is 11.3 Å². The lowest BCUT2D eigenvalue weighted by molar-refractivity contribution is -0.0358. The van der Waals surface area contributed by atoms with Crippen LogP contribution < -0.4 is 0 Å². The fourth-order valence-corrected chi connectivity index (χ4v) is 2.10. The van der Waals surface area contributed by atoms with E-state index >= 15 is 0 Å². The number of aromatic amines is 1. The Hall–Kier alpha value is -1.79. The van der Waals surface area contributed by atoms with Crippen molar-refractivity contribution in [2.24, 2.45) is 0 Å². The molecule has 1 aliphatic heterocycles. The minimum absolute atomic E-state index is 0.00223. The molecule has 94 valence electrons. The molecule has 1 aliphatic rings. The van der Waals surface area contributed by atoms with E-state index in [2.05, 4.69) is 24.8 Å². The maximum Gasteiger partial charge on any atom is 0.120 e. The molecule has 2 aromatic rings. The van der Waals surface area contributed by atoms with Crippen molar-refractivity contribution < 1.29 is 4.74 Å². The van der Waals surface area contributed by atoms with Crippen molar-refractivity contribution >= 4 is 0 Å². The van der Waals surface area contributed by atoms with Crippen LogP contribution in [0.5, 0.6) is 0 Å². The zero-order valence-corrected chi connectivity index (χ0v) is 9.99. The van der Waals surface area contributed by atoms with Gasteiger partial charge >= 0.3 is 0 Å². The molecule has 3 rings (SSSR count). The molecular weight excluding hydrogens is 230 g/mol. The monoisotopic (exact) mass is 245 g/mol. The van der Waals surface area contributed by atoms with Gasteiger partial charge in [0.1, 0.15) is 11.9 Å². The normalized spacial score (nSPS) is 21.0.